The topological polar surface area (TPSA) is 95.8 Å². The standard InChI is InChI=1S/C42H42N4O5S/c1-32-22-24-37(25-23-32)52(47,48)46-39(27-45-26-38(43-44-45)36-20-12-5-13-21-36)41(50-29-34-16-8-3-9-17-34)42(51-30-35-18-10-4-11-19-35)40(46)31-49-28-33-14-6-2-7-15-33/h2-26,39-42H,27-31H2,1H3/t39-,40+,41+,42+/m0/s1. The third-order valence-corrected chi connectivity index (χ3v) is 11.2. The molecule has 0 radical (unpaired) electrons. The Bertz CT molecular complexity index is 2100. The zero-order valence-corrected chi connectivity index (χ0v) is 29.8. The lowest BCUT2D eigenvalue weighted by Crippen LogP contribution is -2.47. The molecule has 266 valence electrons. The zero-order chi connectivity index (χ0) is 35.8. The molecule has 1 aliphatic rings. The van der Waals surface area contributed by atoms with Crippen LogP contribution in [0.25, 0.3) is 11.3 Å². The van der Waals surface area contributed by atoms with Crippen LogP contribution in [0.15, 0.2) is 157 Å². The molecular formula is C42H42N4O5S. The molecule has 0 N–H and O–H groups in total. The van der Waals surface area contributed by atoms with Gasteiger partial charge in [-0.15, -0.1) is 5.10 Å². The fraction of sp³-hybridized carbons (Fsp3) is 0.238. The molecule has 7 rings (SSSR count). The number of sulfonamides is 1. The van der Waals surface area contributed by atoms with Crippen molar-refractivity contribution in [1.82, 2.24) is 19.3 Å². The number of benzene rings is 5. The van der Waals surface area contributed by atoms with Crippen molar-refractivity contribution in [3.8, 4) is 11.3 Å². The van der Waals surface area contributed by atoms with Crippen molar-refractivity contribution in [1.29, 1.82) is 0 Å². The Morgan fingerprint density at radius 1 is 0.615 bits per heavy atom. The molecule has 0 spiro atoms. The molecule has 0 amide bonds. The fourth-order valence-electron chi connectivity index (χ4n) is 6.65. The van der Waals surface area contributed by atoms with Crippen molar-refractivity contribution in [3.05, 3.63) is 174 Å². The van der Waals surface area contributed by atoms with Crippen molar-refractivity contribution in [3.63, 3.8) is 0 Å². The van der Waals surface area contributed by atoms with Crippen LogP contribution in [0.5, 0.6) is 0 Å². The van der Waals surface area contributed by atoms with Crippen LogP contribution in [0, 0.1) is 6.92 Å². The molecule has 9 nitrogen and oxygen atoms in total. The van der Waals surface area contributed by atoms with E-state index < -0.39 is 34.3 Å². The van der Waals surface area contributed by atoms with E-state index in [1.54, 1.807) is 21.1 Å². The van der Waals surface area contributed by atoms with E-state index in [0.717, 1.165) is 27.8 Å². The van der Waals surface area contributed by atoms with Gasteiger partial charge in [-0.05, 0) is 35.7 Å². The van der Waals surface area contributed by atoms with Crippen molar-refractivity contribution in [2.45, 2.75) is 62.5 Å². The van der Waals surface area contributed by atoms with Crippen LogP contribution in [0.1, 0.15) is 22.3 Å². The van der Waals surface area contributed by atoms with Crippen LogP contribution in [0.2, 0.25) is 0 Å². The van der Waals surface area contributed by atoms with E-state index in [4.69, 9.17) is 14.2 Å². The first-order valence-electron chi connectivity index (χ1n) is 17.4. The Morgan fingerprint density at radius 2 is 1.12 bits per heavy atom. The Morgan fingerprint density at radius 3 is 1.67 bits per heavy atom. The van der Waals surface area contributed by atoms with E-state index in [9.17, 15) is 8.42 Å². The van der Waals surface area contributed by atoms with Gasteiger partial charge in [-0.3, -0.25) is 4.68 Å². The third-order valence-electron chi connectivity index (χ3n) is 9.29. The maximum atomic E-state index is 15.0. The molecule has 1 fully saturated rings. The molecular weight excluding hydrogens is 673 g/mol. The van der Waals surface area contributed by atoms with E-state index in [1.165, 1.54) is 0 Å². The highest BCUT2D eigenvalue weighted by Crippen LogP contribution is 2.37. The Balaban J connectivity index is 1.30. The van der Waals surface area contributed by atoms with Gasteiger partial charge >= 0.3 is 0 Å². The van der Waals surface area contributed by atoms with Crippen LogP contribution in [-0.2, 0) is 50.6 Å². The molecule has 6 aromatic rings. The average molecular weight is 715 g/mol. The first kappa shape index (κ1) is 35.4. The molecule has 0 bridgehead atoms. The first-order chi connectivity index (χ1) is 25.5. The van der Waals surface area contributed by atoms with Crippen LogP contribution in [-0.4, -0.2) is 58.6 Å². The minimum absolute atomic E-state index is 0.0771. The molecule has 10 heteroatoms. The van der Waals surface area contributed by atoms with Crippen LogP contribution < -0.4 is 0 Å². The highest BCUT2D eigenvalue weighted by atomic mass is 32.2. The number of aryl methyl sites for hydroxylation is 1. The monoisotopic (exact) mass is 714 g/mol. The van der Waals surface area contributed by atoms with Gasteiger partial charge in [0.25, 0.3) is 0 Å². The van der Waals surface area contributed by atoms with Gasteiger partial charge in [-0.25, -0.2) is 8.42 Å². The smallest absolute Gasteiger partial charge is 0.243 e. The summed E-state index contributed by atoms with van der Waals surface area (Å²) < 4.78 is 53.1. The van der Waals surface area contributed by atoms with Crippen LogP contribution in [0.3, 0.4) is 0 Å². The summed E-state index contributed by atoms with van der Waals surface area (Å²) in [5, 5.41) is 8.92. The summed E-state index contributed by atoms with van der Waals surface area (Å²) in [4.78, 5) is 0.185. The maximum Gasteiger partial charge on any atom is 0.243 e. The second kappa shape index (κ2) is 16.6. The minimum Gasteiger partial charge on any atom is -0.375 e. The molecule has 0 unspecified atom stereocenters. The molecule has 0 aliphatic carbocycles. The maximum absolute atomic E-state index is 15.0. The Labute approximate surface area is 305 Å². The SMILES string of the molecule is Cc1ccc(S(=O)(=O)N2[C@H](COCc3ccccc3)[C@@H](OCc3ccccc3)[C@H](OCc3ccccc3)[C@@H]2Cn2cc(-c3ccccc3)nn2)cc1. The summed E-state index contributed by atoms with van der Waals surface area (Å²) in [5.41, 5.74) is 5.48. The highest BCUT2D eigenvalue weighted by Gasteiger charge is 2.56. The van der Waals surface area contributed by atoms with Crippen molar-refractivity contribution >= 4 is 10.0 Å². The summed E-state index contributed by atoms with van der Waals surface area (Å²) in [7, 11) is -4.11. The van der Waals surface area contributed by atoms with Crippen molar-refractivity contribution < 1.29 is 22.6 Å². The van der Waals surface area contributed by atoms with Gasteiger partial charge in [0.1, 0.15) is 17.9 Å². The largest absolute Gasteiger partial charge is 0.375 e. The molecule has 1 saturated heterocycles. The average Bonchev–Trinajstić information content (AvgIpc) is 3.77. The number of nitrogens with zero attached hydrogens (tertiary/aromatic N) is 4. The molecule has 5 aromatic carbocycles. The predicted molar refractivity (Wildman–Crippen MR) is 199 cm³/mol. The molecule has 52 heavy (non-hydrogen) atoms. The van der Waals surface area contributed by atoms with Gasteiger partial charge in [0.15, 0.2) is 0 Å². The Hall–Kier alpha value is -4.97. The lowest BCUT2D eigenvalue weighted by Gasteiger charge is -2.30. The van der Waals surface area contributed by atoms with Crippen LogP contribution >= 0.6 is 0 Å². The summed E-state index contributed by atoms with van der Waals surface area (Å²) in [6.45, 7) is 3.02. The molecule has 1 aromatic heterocycles. The normalized spacial score (nSPS) is 19.2. The number of rotatable bonds is 15. The quantitative estimate of drug-likeness (QED) is 0.112. The summed E-state index contributed by atoms with van der Waals surface area (Å²) in [6, 6.07) is 44.8. The summed E-state index contributed by atoms with van der Waals surface area (Å²) >= 11 is 0. The van der Waals surface area contributed by atoms with Crippen molar-refractivity contribution in [2.75, 3.05) is 6.61 Å². The molecule has 1 aliphatic heterocycles. The van der Waals surface area contributed by atoms with E-state index >= 15 is 0 Å². The zero-order valence-electron chi connectivity index (χ0n) is 29.0. The van der Waals surface area contributed by atoms with Gasteiger partial charge in [0.2, 0.25) is 10.0 Å². The molecule has 4 atom stereocenters. The van der Waals surface area contributed by atoms with E-state index in [-0.39, 0.29) is 31.3 Å². The van der Waals surface area contributed by atoms with E-state index in [1.807, 2.05) is 147 Å². The molecule has 0 saturated carbocycles. The number of hydrogen-bond donors (Lipinski definition) is 0. The van der Waals surface area contributed by atoms with Gasteiger partial charge in [-0.1, -0.05) is 144 Å². The molecule has 2 heterocycles. The third kappa shape index (κ3) is 8.39. The van der Waals surface area contributed by atoms with Crippen molar-refractivity contribution in [2.24, 2.45) is 0 Å². The van der Waals surface area contributed by atoms with Crippen LogP contribution in [0.4, 0.5) is 0 Å². The first-order valence-corrected chi connectivity index (χ1v) is 18.9. The van der Waals surface area contributed by atoms with E-state index in [2.05, 4.69) is 10.3 Å². The second-order valence-corrected chi connectivity index (χ2v) is 14.8. The summed E-state index contributed by atoms with van der Waals surface area (Å²) in [6.07, 6.45) is 0.458. The van der Waals surface area contributed by atoms with E-state index in [0.29, 0.717) is 12.3 Å². The van der Waals surface area contributed by atoms with Gasteiger partial charge in [0, 0.05) is 5.56 Å². The second-order valence-electron chi connectivity index (χ2n) is 13.0. The Kier molecular flexibility index (Phi) is 11.3. The highest BCUT2D eigenvalue weighted by molar-refractivity contribution is 7.89. The summed E-state index contributed by atoms with van der Waals surface area (Å²) in [5.74, 6) is 0. The van der Waals surface area contributed by atoms with Gasteiger partial charge in [0.05, 0.1) is 56.1 Å². The lowest BCUT2D eigenvalue weighted by molar-refractivity contribution is -0.0871. The number of ether oxygens (including phenoxy) is 3. The predicted octanol–water partition coefficient (Wildman–Crippen LogP) is 7.08. The van der Waals surface area contributed by atoms with Gasteiger partial charge < -0.3 is 14.2 Å². The minimum atomic E-state index is -4.11. The lowest BCUT2D eigenvalue weighted by atomic mass is 10.1. The number of hydrogen-bond acceptors (Lipinski definition) is 7. The number of aromatic nitrogens is 3. The van der Waals surface area contributed by atoms with Gasteiger partial charge in [-0.2, -0.15) is 4.31 Å². The fourth-order valence-corrected chi connectivity index (χ4v) is 8.46.